The fraction of sp³-hybridized carbons (Fsp3) is 0.529. The minimum Gasteiger partial charge on any atom is -0.350 e. The molecule has 0 aromatic heterocycles. The summed E-state index contributed by atoms with van der Waals surface area (Å²) in [6.07, 6.45) is 2.51. The predicted molar refractivity (Wildman–Crippen MR) is 86.1 cm³/mol. The van der Waals surface area contributed by atoms with Crippen molar-refractivity contribution in [3.8, 4) is 0 Å². The van der Waals surface area contributed by atoms with Crippen molar-refractivity contribution in [1.29, 1.82) is 0 Å². The van der Waals surface area contributed by atoms with E-state index in [1.807, 2.05) is 30.3 Å². The molecule has 2 amide bonds. The normalized spacial score (nSPS) is 18.7. The maximum atomic E-state index is 12.0. The maximum absolute atomic E-state index is 12.0. The van der Waals surface area contributed by atoms with Gasteiger partial charge in [0.25, 0.3) is 0 Å². The third-order valence-electron chi connectivity index (χ3n) is 4.02. The minimum absolute atomic E-state index is 0.0470. The Hall–Kier alpha value is -1.88. The number of benzene rings is 1. The molecule has 2 rings (SSSR count). The second-order valence-electron chi connectivity index (χ2n) is 5.89. The minimum atomic E-state index is -0.502. The van der Waals surface area contributed by atoms with E-state index in [0.717, 1.165) is 31.5 Å². The molecule has 1 fully saturated rings. The molecule has 1 heterocycles. The third-order valence-corrected chi connectivity index (χ3v) is 4.02. The van der Waals surface area contributed by atoms with Crippen LogP contribution in [-0.2, 0) is 16.1 Å². The molecule has 3 N–H and O–H groups in total. The molecule has 0 bridgehead atoms. The summed E-state index contributed by atoms with van der Waals surface area (Å²) in [4.78, 5) is 23.9. The number of carbonyl (C=O) groups excluding carboxylic acids is 2. The average molecular weight is 303 g/mol. The molecule has 22 heavy (non-hydrogen) atoms. The zero-order valence-corrected chi connectivity index (χ0v) is 13.1. The van der Waals surface area contributed by atoms with Gasteiger partial charge in [-0.2, -0.15) is 0 Å². The first-order valence-electron chi connectivity index (χ1n) is 7.97. The molecule has 2 atom stereocenters. The summed E-state index contributed by atoms with van der Waals surface area (Å²) in [6.45, 7) is 4.24. The highest BCUT2D eigenvalue weighted by atomic mass is 16.2. The van der Waals surface area contributed by atoms with Crippen molar-refractivity contribution in [2.24, 2.45) is 5.92 Å². The molecule has 0 saturated carbocycles. The monoisotopic (exact) mass is 303 g/mol. The molecule has 1 aliphatic rings. The zero-order valence-electron chi connectivity index (χ0n) is 13.1. The van der Waals surface area contributed by atoms with E-state index in [1.54, 1.807) is 6.92 Å². The molecular formula is C17H25N3O2. The largest absolute Gasteiger partial charge is 0.350 e. The number of hydrogen-bond donors (Lipinski definition) is 3. The van der Waals surface area contributed by atoms with Crippen LogP contribution < -0.4 is 16.0 Å². The van der Waals surface area contributed by atoms with Gasteiger partial charge in [0.2, 0.25) is 11.8 Å². The Morgan fingerprint density at radius 2 is 2.09 bits per heavy atom. The van der Waals surface area contributed by atoms with Gasteiger partial charge in [-0.15, -0.1) is 0 Å². The summed E-state index contributed by atoms with van der Waals surface area (Å²) in [7, 11) is 0. The van der Waals surface area contributed by atoms with Crippen molar-refractivity contribution in [3.05, 3.63) is 35.9 Å². The Balaban J connectivity index is 1.65. The van der Waals surface area contributed by atoms with E-state index in [9.17, 15) is 9.59 Å². The smallest absolute Gasteiger partial charge is 0.242 e. The van der Waals surface area contributed by atoms with Crippen molar-refractivity contribution in [3.63, 3.8) is 0 Å². The van der Waals surface area contributed by atoms with Gasteiger partial charge in [0.15, 0.2) is 0 Å². The highest BCUT2D eigenvalue weighted by molar-refractivity contribution is 5.87. The highest BCUT2D eigenvalue weighted by Crippen LogP contribution is 2.13. The first kappa shape index (κ1) is 16.5. The van der Waals surface area contributed by atoms with Gasteiger partial charge in [-0.05, 0) is 44.3 Å². The predicted octanol–water partition coefficient (Wildman–Crippen LogP) is 1.20. The molecule has 1 saturated heterocycles. The topological polar surface area (TPSA) is 70.2 Å². The van der Waals surface area contributed by atoms with Crippen LogP contribution in [0.3, 0.4) is 0 Å². The Morgan fingerprint density at radius 1 is 1.32 bits per heavy atom. The summed E-state index contributed by atoms with van der Waals surface area (Å²) in [5.74, 6) is 0.391. The molecule has 0 radical (unpaired) electrons. The second-order valence-corrected chi connectivity index (χ2v) is 5.89. The number of nitrogens with one attached hydrogen (secondary N) is 3. The molecule has 2 unspecified atom stereocenters. The van der Waals surface area contributed by atoms with Gasteiger partial charge in [0, 0.05) is 13.0 Å². The summed E-state index contributed by atoms with van der Waals surface area (Å²) < 4.78 is 0. The first-order valence-corrected chi connectivity index (χ1v) is 7.97. The first-order chi connectivity index (χ1) is 10.6. The van der Waals surface area contributed by atoms with Crippen molar-refractivity contribution in [1.82, 2.24) is 16.0 Å². The number of hydrogen-bond acceptors (Lipinski definition) is 3. The van der Waals surface area contributed by atoms with Crippen molar-refractivity contribution >= 4 is 11.8 Å². The Morgan fingerprint density at radius 3 is 2.77 bits per heavy atom. The molecule has 1 aromatic rings. The number of rotatable bonds is 7. The van der Waals surface area contributed by atoms with E-state index in [1.165, 1.54) is 0 Å². The van der Waals surface area contributed by atoms with Crippen molar-refractivity contribution in [2.75, 3.05) is 13.1 Å². The van der Waals surface area contributed by atoms with Crippen LogP contribution in [-0.4, -0.2) is 30.9 Å². The molecular weight excluding hydrogens is 278 g/mol. The van der Waals surface area contributed by atoms with Crippen LogP contribution in [0.1, 0.15) is 31.7 Å². The molecule has 0 spiro atoms. The Bertz CT molecular complexity index is 484. The average Bonchev–Trinajstić information content (AvgIpc) is 3.05. The van der Waals surface area contributed by atoms with Crippen LogP contribution in [0.5, 0.6) is 0 Å². The van der Waals surface area contributed by atoms with Gasteiger partial charge < -0.3 is 16.0 Å². The van der Waals surface area contributed by atoms with E-state index < -0.39 is 6.04 Å². The second kappa shape index (κ2) is 8.54. The van der Waals surface area contributed by atoms with Gasteiger partial charge in [-0.25, -0.2) is 0 Å². The van der Waals surface area contributed by atoms with Gasteiger partial charge in [0.1, 0.15) is 6.04 Å². The van der Waals surface area contributed by atoms with Gasteiger partial charge >= 0.3 is 0 Å². The zero-order chi connectivity index (χ0) is 15.8. The highest BCUT2D eigenvalue weighted by Gasteiger charge is 2.18. The number of carbonyl (C=O) groups is 2. The van der Waals surface area contributed by atoms with Crippen LogP contribution in [0, 0.1) is 5.92 Å². The summed E-state index contributed by atoms with van der Waals surface area (Å²) >= 11 is 0. The van der Waals surface area contributed by atoms with E-state index in [0.29, 0.717) is 18.9 Å². The standard InChI is InChI=1S/C17H25N3O2/c1-13(17(22)19-12-14-5-3-2-4-6-14)20-16(21)8-7-15-9-10-18-11-15/h2-6,13,15,18H,7-12H2,1H3,(H,19,22)(H,20,21). The SMILES string of the molecule is CC(NC(=O)CCC1CCNC1)C(=O)NCc1ccccc1. The van der Waals surface area contributed by atoms with Crippen LogP contribution >= 0.6 is 0 Å². The molecule has 0 aliphatic carbocycles. The van der Waals surface area contributed by atoms with E-state index in [2.05, 4.69) is 16.0 Å². The van der Waals surface area contributed by atoms with Crippen LogP contribution in [0.4, 0.5) is 0 Å². The quantitative estimate of drug-likeness (QED) is 0.709. The lowest BCUT2D eigenvalue weighted by atomic mass is 10.0. The summed E-state index contributed by atoms with van der Waals surface area (Å²) in [5.41, 5.74) is 1.04. The Labute approximate surface area is 131 Å². The molecule has 5 nitrogen and oxygen atoms in total. The third kappa shape index (κ3) is 5.48. The van der Waals surface area contributed by atoms with E-state index in [-0.39, 0.29) is 11.8 Å². The lowest BCUT2D eigenvalue weighted by Gasteiger charge is -2.15. The summed E-state index contributed by atoms with van der Waals surface area (Å²) in [5, 5.41) is 8.90. The van der Waals surface area contributed by atoms with Crippen LogP contribution in [0.15, 0.2) is 30.3 Å². The van der Waals surface area contributed by atoms with Gasteiger partial charge in [-0.1, -0.05) is 30.3 Å². The van der Waals surface area contributed by atoms with E-state index in [4.69, 9.17) is 0 Å². The van der Waals surface area contributed by atoms with Gasteiger partial charge in [-0.3, -0.25) is 9.59 Å². The maximum Gasteiger partial charge on any atom is 0.242 e. The fourth-order valence-corrected chi connectivity index (χ4v) is 2.61. The van der Waals surface area contributed by atoms with E-state index >= 15 is 0 Å². The lowest BCUT2D eigenvalue weighted by molar-refractivity contribution is -0.128. The summed E-state index contributed by atoms with van der Waals surface area (Å²) in [6, 6.07) is 9.22. The Kier molecular flexibility index (Phi) is 6.40. The molecule has 5 heteroatoms. The fourth-order valence-electron chi connectivity index (χ4n) is 2.61. The van der Waals surface area contributed by atoms with Gasteiger partial charge in [0.05, 0.1) is 0 Å². The molecule has 120 valence electrons. The molecule has 1 aliphatic heterocycles. The molecule has 1 aromatic carbocycles. The van der Waals surface area contributed by atoms with Crippen LogP contribution in [0.25, 0.3) is 0 Å². The van der Waals surface area contributed by atoms with Crippen molar-refractivity contribution in [2.45, 2.75) is 38.8 Å². The van der Waals surface area contributed by atoms with Crippen LogP contribution in [0.2, 0.25) is 0 Å². The lowest BCUT2D eigenvalue weighted by Crippen LogP contribution is -2.44. The number of amides is 2. The van der Waals surface area contributed by atoms with Crippen molar-refractivity contribution < 1.29 is 9.59 Å².